The first kappa shape index (κ1) is 14.1. The molecule has 4 nitrogen and oxygen atoms in total. The van der Waals surface area contributed by atoms with Crippen LogP contribution in [0.25, 0.3) is 0 Å². The minimum atomic E-state index is -0.319. The van der Waals surface area contributed by atoms with E-state index >= 15 is 0 Å². The number of hydrogen-bond donors (Lipinski definition) is 1. The Morgan fingerprint density at radius 2 is 2.05 bits per heavy atom. The maximum Gasteiger partial charge on any atom is 0.264 e. The van der Waals surface area contributed by atoms with Gasteiger partial charge in [0.25, 0.3) is 11.5 Å². The number of benzene rings is 1. The van der Waals surface area contributed by atoms with Crippen LogP contribution in [0.3, 0.4) is 0 Å². The number of rotatable bonds is 1. The fourth-order valence-electron chi connectivity index (χ4n) is 2.82. The van der Waals surface area contributed by atoms with Crippen LogP contribution in [0.15, 0.2) is 33.5 Å². The largest absolute Gasteiger partial charge is 0.326 e. The van der Waals surface area contributed by atoms with E-state index in [0.717, 1.165) is 27.8 Å². The summed E-state index contributed by atoms with van der Waals surface area (Å²) in [6, 6.07) is 7.74. The molecule has 3 rings (SSSR count). The van der Waals surface area contributed by atoms with Gasteiger partial charge in [0, 0.05) is 22.4 Å². The minimum Gasteiger partial charge on any atom is -0.326 e. The third-order valence-corrected chi connectivity index (χ3v) is 4.26. The molecule has 1 amide bonds. The number of carbonyl (C=O) groups is 1. The molecule has 1 aromatic heterocycles. The lowest BCUT2D eigenvalue weighted by Gasteiger charge is -2.18. The van der Waals surface area contributed by atoms with E-state index in [1.807, 2.05) is 31.2 Å². The molecule has 1 aromatic carbocycles. The smallest absolute Gasteiger partial charge is 0.264 e. The zero-order chi connectivity index (χ0) is 15.1. The van der Waals surface area contributed by atoms with Gasteiger partial charge in [-0.05, 0) is 49.6 Å². The number of pyridine rings is 1. The Morgan fingerprint density at radius 3 is 2.76 bits per heavy atom. The van der Waals surface area contributed by atoms with E-state index in [2.05, 4.69) is 20.9 Å². The van der Waals surface area contributed by atoms with Crippen LogP contribution in [0.1, 0.15) is 27.2 Å². The van der Waals surface area contributed by atoms with Gasteiger partial charge in [-0.3, -0.25) is 9.59 Å². The predicted molar refractivity (Wildman–Crippen MR) is 86.1 cm³/mol. The molecular weight excluding hydrogens is 332 g/mol. The van der Waals surface area contributed by atoms with E-state index in [1.54, 1.807) is 11.8 Å². The van der Waals surface area contributed by atoms with Crippen molar-refractivity contribution in [3.05, 3.63) is 61.5 Å². The summed E-state index contributed by atoms with van der Waals surface area (Å²) in [5.41, 5.74) is 3.40. The van der Waals surface area contributed by atoms with E-state index in [4.69, 9.17) is 0 Å². The normalized spacial score (nSPS) is 13.4. The van der Waals surface area contributed by atoms with Crippen LogP contribution in [0.4, 0.5) is 5.69 Å². The van der Waals surface area contributed by atoms with Crippen molar-refractivity contribution >= 4 is 27.5 Å². The lowest BCUT2D eigenvalue weighted by Crippen LogP contribution is -2.34. The summed E-state index contributed by atoms with van der Waals surface area (Å²) in [6.45, 7) is 4.22. The van der Waals surface area contributed by atoms with Gasteiger partial charge in [0.1, 0.15) is 5.56 Å². The van der Waals surface area contributed by atoms with E-state index in [9.17, 15) is 9.59 Å². The summed E-state index contributed by atoms with van der Waals surface area (Å²) in [6.07, 6.45) is 0.817. The molecule has 0 aliphatic carbocycles. The predicted octanol–water partition coefficient (Wildman–Crippen LogP) is 2.96. The number of anilines is 1. The SMILES string of the molecule is Cc1cc(C)c(C(=O)N2CCc3ccc(Br)cc32)c(=O)[nH]1. The number of aromatic nitrogens is 1. The highest BCUT2D eigenvalue weighted by molar-refractivity contribution is 9.10. The van der Waals surface area contributed by atoms with Crippen LogP contribution >= 0.6 is 15.9 Å². The molecule has 0 saturated heterocycles. The number of nitrogens with one attached hydrogen (secondary N) is 1. The molecule has 0 atom stereocenters. The Kier molecular flexibility index (Phi) is 3.45. The Morgan fingerprint density at radius 1 is 1.29 bits per heavy atom. The molecule has 21 heavy (non-hydrogen) atoms. The van der Waals surface area contributed by atoms with E-state index in [0.29, 0.717) is 12.1 Å². The van der Waals surface area contributed by atoms with Gasteiger partial charge in [0.05, 0.1) is 0 Å². The highest BCUT2D eigenvalue weighted by atomic mass is 79.9. The molecule has 2 heterocycles. The zero-order valence-electron chi connectivity index (χ0n) is 11.9. The van der Waals surface area contributed by atoms with Crippen LogP contribution in [0.5, 0.6) is 0 Å². The van der Waals surface area contributed by atoms with Crippen LogP contribution in [-0.4, -0.2) is 17.4 Å². The number of aromatic amines is 1. The van der Waals surface area contributed by atoms with Crippen molar-refractivity contribution in [2.75, 3.05) is 11.4 Å². The number of carbonyl (C=O) groups excluding carboxylic acids is 1. The Labute approximate surface area is 130 Å². The number of halogens is 1. The van der Waals surface area contributed by atoms with Crippen molar-refractivity contribution < 1.29 is 4.79 Å². The summed E-state index contributed by atoms with van der Waals surface area (Å²) < 4.78 is 0.926. The number of H-pyrrole nitrogens is 1. The monoisotopic (exact) mass is 346 g/mol. The number of fused-ring (bicyclic) bond motifs is 1. The molecule has 1 aliphatic heterocycles. The zero-order valence-corrected chi connectivity index (χ0v) is 13.5. The topological polar surface area (TPSA) is 53.2 Å². The highest BCUT2D eigenvalue weighted by Gasteiger charge is 2.28. The fourth-order valence-corrected chi connectivity index (χ4v) is 3.17. The second-order valence-corrected chi connectivity index (χ2v) is 6.23. The van der Waals surface area contributed by atoms with E-state index < -0.39 is 0 Å². The second-order valence-electron chi connectivity index (χ2n) is 5.32. The third kappa shape index (κ3) is 2.42. The maximum absolute atomic E-state index is 12.8. The van der Waals surface area contributed by atoms with Crippen LogP contribution < -0.4 is 10.5 Å². The number of amides is 1. The standard InChI is InChI=1S/C16H15BrN2O2/c1-9-7-10(2)18-15(20)14(9)16(21)19-6-5-11-3-4-12(17)8-13(11)19/h3-4,7-8H,5-6H2,1-2H3,(H,18,20). The quantitative estimate of drug-likeness (QED) is 0.862. The van der Waals surface area contributed by atoms with Crippen molar-refractivity contribution in [1.82, 2.24) is 4.98 Å². The van der Waals surface area contributed by atoms with Gasteiger partial charge in [0.15, 0.2) is 0 Å². The van der Waals surface area contributed by atoms with Crippen LogP contribution in [0.2, 0.25) is 0 Å². The van der Waals surface area contributed by atoms with Crippen molar-refractivity contribution in [3.8, 4) is 0 Å². The highest BCUT2D eigenvalue weighted by Crippen LogP contribution is 2.31. The van der Waals surface area contributed by atoms with Gasteiger partial charge in [0.2, 0.25) is 0 Å². The number of nitrogens with zero attached hydrogens (tertiary/aromatic N) is 1. The Bertz CT molecular complexity index is 795. The van der Waals surface area contributed by atoms with Crippen molar-refractivity contribution in [3.63, 3.8) is 0 Å². The number of hydrogen-bond acceptors (Lipinski definition) is 2. The summed E-state index contributed by atoms with van der Waals surface area (Å²) >= 11 is 3.43. The van der Waals surface area contributed by atoms with Crippen molar-refractivity contribution in [2.45, 2.75) is 20.3 Å². The van der Waals surface area contributed by atoms with E-state index in [1.165, 1.54) is 0 Å². The van der Waals surface area contributed by atoms with Gasteiger partial charge in [-0.2, -0.15) is 0 Å². The molecule has 108 valence electrons. The first-order valence-electron chi connectivity index (χ1n) is 6.78. The average molecular weight is 347 g/mol. The summed E-state index contributed by atoms with van der Waals surface area (Å²) in [4.78, 5) is 29.3. The molecule has 2 aromatic rings. The molecule has 0 fully saturated rings. The van der Waals surface area contributed by atoms with Gasteiger partial charge >= 0.3 is 0 Å². The molecule has 1 N–H and O–H groups in total. The fraction of sp³-hybridized carbons (Fsp3) is 0.250. The Balaban J connectivity index is 2.07. The lowest BCUT2D eigenvalue weighted by molar-refractivity contribution is 0.0987. The van der Waals surface area contributed by atoms with Crippen molar-refractivity contribution in [1.29, 1.82) is 0 Å². The summed E-state index contributed by atoms with van der Waals surface area (Å²) in [5.74, 6) is -0.231. The molecule has 0 bridgehead atoms. The van der Waals surface area contributed by atoms with Crippen LogP contribution in [-0.2, 0) is 6.42 Å². The molecule has 0 radical (unpaired) electrons. The Hall–Kier alpha value is -1.88. The van der Waals surface area contributed by atoms with Crippen LogP contribution in [0, 0.1) is 13.8 Å². The molecular formula is C16H15BrN2O2. The molecule has 0 saturated carbocycles. The average Bonchev–Trinajstić information content (AvgIpc) is 2.80. The maximum atomic E-state index is 12.8. The van der Waals surface area contributed by atoms with Gasteiger partial charge in [-0.15, -0.1) is 0 Å². The van der Waals surface area contributed by atoms with E-state index in [-0.39, 0.29) is 17.0 Å². The molecule has 0 spiro atoms. The summed E-state index contributed by atoms with van der Waals surface area (Å²) in [5, 5.41) is 0. The summed E-state index contributed by atoms with van der Waals surface area (Å²) in [7, 11) is 0. The van der Waals surface area contributed by atoms with Crippen molar-refractivity contribution in [2.24, 2.45) is 0 Å². The van der Waals surface area contributed by atoms with Gasteiger partial charge < -0.3 is 9.88 Å². The number of aryl methyl sites for hydroxylation is 2. The second kappa shape index (κ2) is 5.15. The van der Waals surface area contributed by atoms with Gasteiger partial charge in [-0.25, -0.2) is 0 Å². The van der Waals surface area contributed by atoms with Gasteiger partial charge in [-0.1, -0.05) is 22.0 Å². The first-order chi connectivity index (χ1) is 9.97. The third-order valence-electron chi connectivity index (χ3n) is 3.77. The molecule has 5 heteroatoms. The minimum absolute atomic E-state index is 0.230. The lowest BCUT2D eigenvalue weighted by atomic mass is 10.1. The molecule has 1 aliphatic rings. The molecule has 0 unspecified atom stereocenters. The first-order valence-corrected chi connectivity index (χ1v) is 7.57.